The molecule has 0 amide bonds. The minimum atomic E-state index is -3.53. The van der Waals surface area contributed by atoms with E-state index in [0.717, 1.165) is 31.9 Å². The number of tetrazole rings is 1. The van der Waals surface area contributed by atoms with Crippen LogP contribution in [0.4, 0.5) is 0 Å². The first kappa shape index (κ1) is 18.5. The Morgan fingerprint density at radius 3 is 2.58 bits per heavy atom. The maximum Gasteiger partial charge on any atom is 0.310 e. The Hall–Kier alpha value is -2.29. The van der Waals surface area contributed by atoms with Crippen LogP contribution in [0.3, 0.4) is 0 Å². The summed E-state index contributed by atoms with van der Waals surface area (Å²) in [6.07, 6.45) is 6.03. The first-order valence-corrected chi connectivity index (χ1v) is 10.5. The van der Waals surface area contributed by atoms with Crippen LogP contribution in [0.25, 0.3) is 5.69 Å². The summed E-state index contributed by atoms with van der Waals surface area (Å²) in [7, 11) is -3.53. The highest BCUT2D eigenvalue weighted by atomic mass is 32.2. The van der Waals surface area contributed by atoms with Crippen molar-refractivity contribution in [3.63, 3.8) is 0 Å². The summed E-state index contributed by atoms with van der Waals surface area (Å²) in [6, 6.07) is 4.63. The Kier molecular flexibility index (Phi) is 5.08. The van der Waals surface area contributed by atoms with Crippen LogP contribution in [0.15, 0.2) is 23.1 Å². The van der Waals surface area contributed by atoms with E-state index in [2.05, 4.69) is 15.5 Å². The van der Waals surface area contributed by atoms with Crippen LogP contribution in [0.2, 0.25) is 0 Å². The summed E-state index contributed by atoms with van der Waals surface area (Å²) in [5.41, 5.74) is 0.854. The highest BCUT2D eigenvalue weighted by Gasteiger charge is 2.28. The molecular weight excluding hydrogens is 356 g/mol. The summed E-state index contributed by atoms with van der Waals surface area (Å²) in [5.74, 6) is -0.760. The van der Waals surface area contributed by atoms with Crippen molar-refractivity contribution in [1.82, 2.24) is 20.2 Å². The van der Waals surface area contributed by atoms with Gasteiger partial charge in [-0.3, -0.25) is 4.79 Å². The second kappa shape index (κ2) is 7.14. The lowest BCUT2D eigenvalue weighted by molar-refractivity contribution is -0.139. The van der Waals surface area contributed by atoms with Crippen molar-refractivity contribution in [2.24, 2.45) is 5.92 Å². The van der Waals surface area contributed by atoms with Gasteiger partial charge in [0.15, 0.2) is 15.7 Å². The molecule has 0 spiro atoms. The van der Waals surface area contributed by atoms with Crippen LogP contribution in [-0.4, -0.2) is 46.0 Å². The van der Waals surface area contributed by atoms with Crippen LogP contribution in [0.1, 0.15) is 49.4 Å². The molecule has 1 aliphatic carbocycles. The fraction of sp³-hybridized carbons (Fsp3) is 0.529. The number of carboxylic acid groups (broad SMARTS) is 1. The Labute approximate surface area is 152 Å². The van der Waals surface area contributed by atoms with E-state index < -0.39 is 21.7 Å². The number of hydrogen-bond acceptors (Lipinski definition) is 6. The average molecular weight is 378 g/mol. The number of aryl methyl sites for hydroxylation is 1. The van der Waals surface area contributed by atoms with Gasteiger partial charge in [-0.15, -0.1) is 5.10 Å². The molecule has 0 aliphatic heterocycles. The summed E-state index contributed by atoms with van der Waals surface area (Å²) < 4.78 is 25.6. The average Bonchev–Trinajstić information content (AvgIpc) is 3.22. The zero-order chi connectivity index (χ0) is 18.9. The zero-order valence-corrected chi connectivity index (χ0v) is 15.6. The number of sulfone groups is 1. The monoisotopic (exact) mass is 378 g/mol. The molecule has 1 atom stereocenters. The maximum atomic E-state index is 12.2. The van der Waals surface area contributed by atoms with E-state index in [4.69, 9.17) is 0 Å². The van der Waals surface area contributed by atoms with Gasteiger partial charge in [0.05, 0.1) is 16.5 Å². The lowest BCUT2D eigenvalue weighted by Gasteiger charge is -2.19. The third kappa shape index (κ3) is 3.77. The Bertz CT molecular complexity index is 917. The van der Waals surface area contributed by atoms with Gasteiger partial charge in [0.2, 0.25) is 0 Å². The minimum absolute atomic E-state index is 0.0710. The molecule has 26 heavy (non-hydrogen) atoms. The molecule has 0 saturated heterocycles. The van der Waals surface area contributed by atoms with Gasteiger partial charge >= 0.3 is 5.97 Å². The highest BCUT2D eigenvalue weighted by Crippen LogP contribution is 2.35. The molecule has 1 saturated carbocycles. The molecule has 0 bridgehead atoms. The molecule has 1 aromatic heterocycles. The molecule has 3 rings (SSSR count). The SMILES string of the molecule is Cc1nnnn1-c1cc(C(CC2CCCC2)C(=O)O)ccc1S(C)(=O)=O. The second-order valence-electron chi connectivity index (χ2n) is 6.91. The fourth-order valence-electron chi connectivity index (χ4n) is 3.64. The predicted octanol–water partition coefficient (Wildman–Crippen LogP) is 2.12. The zero-order valence-electron chi connectivity index (χ0n) is 14.8. The summed E-state index contributed by atoms with van der Waals surface area (Å²) in [6.45, 7) is 1.66. The van der Waals surface area contributed by atoms with Gasteiger partial charge in [0.25, 0.3) is 0 Å². The number of carboxylic acids is 1. The normalized spacial score (nSPS) is 16.7. The van der Waals surface area contributed by atoms with Gasteiger partial charge in [-0.25, -0.2) is 8.42 Å². The molecule has 0 radical (unpaired) electrons. The lowest BCUT2D eigenvalue weighted by atomic mass is 9.88. The number of aliphatic carboxylic acids is 1. The van der Waals surface area contributed by atoms with E-state index in [0.29, 0.717) is 23.7 Å². The van der Waals surface area contributed by atoms with Crippen LogP contribution in [-0.2, 0) is 14.6 Å². The molecule has 1 unspecified atom stereocenters. The molecule has 140 valence electrons. The van der Waals surface area contributed by atoms with Crippen molar-refractivity contribution in [2.45, 2.75) is 49.8 Å². The maximum absolute atomic E-state index is 12.2. The molecule has 1 N–H and O–H groups in total. The topological polar surface area (TPSA) is 115 Å². The quantitative estimate of drug-likeness (QED) is 0.818. The number of nitrogens with zero attached hydrogens (tertiary/aromatic N) is 4. The standard InChI is InChI=1S/C17H22N4O4S/c1-11-18-19-20-21(11)15-10-13(7-8-16(15)26(2,24)25)14(17(22)23)9-12-5-3-4-6-12/h7-8,10,12,14H,3-6,9H2,1-2H3,(H,22,23). The van der Waals surface area contributed by atoms with Gasteiger partial charge in [-0.2, -0.15) is 4.68 Å². The Morgan fingerprint density at radius 2 is 2.04 bits per heavy atom. The van der Waals surface area contributed by atoms with Crippen molar-refractivity contribution >= 4 is 15.8 Å². The van der Waals surface area contributed by atoms with Gasteiger partial charge < -0.3 is 5.11 Å². The molecule has 2 aromatic rings. The number of benzene rings is 1. The molecule has 8 nitrogen and oxygen atoms in total. The number of rotatable bonds is 6. The number of hydrogen-bond donors (Lipinski definition) is 1. The second-order valence-corrected chi connectivity index (χ2v) is 8.90. The summed E-state index contributed by atoms with van der Waals surface area (Å²) in [5, 5.41) is 20.9. The summed E-state index contributed by atoms with van der Waals surface area (Å²) >= 11 is 0. The van der Waals surface area contributed by atoms with Crippen molar-refractivity contribution in [3.8, 4) is 5.69 Å². The van der Waals surface area contributed by atoms with Crippen molar-refractivity contribution in [2.75, 3.05) is 6.26 Å². The Balaban J connectivity index is 2.07. The smallest absolute Gasteiger partial charge is 0.310 e. The minimum Gasteiger partial charge on any atom is -0.481 e. The van der Waals surface area contributed by atoms with E-state index in [9.17, 15) is 18.3 Å². The van der Waals surface area contributed by atoms with E-state index in [-0.39, 0.29) is 10.6 Å². The largest absolute Gasteiger partial charge is 0.481 e. The molecule has 9 heteroatoms. The van der Waals surface area contributed by atoms with Gasteiger partial charge in [-0.05, 0) is 47.4 Å². The molecule has 1 heterocycles. The van der Waals surface area contributed by atoms with Crippen LogP contribution < -0.4 is 0 Å². The van der Waals surface area contributed by atoms with Gasteiger partial charge in [-0.1, -0.05) is 31.7 Å². The molecule has 1 fully saturated rings. The van der Waals surface area contributed by atoms with Crippen LogP contribution in [0.5, 0.6) is 0 Å². The van der Waals surface area contributed by atoms with Crippen LogP contribution in [0, 0.1) is 12.8 Å². The van der Waals surface area contributed by atoms with Gasteiger partial charge in [0, 0.05) is 6.26 Å². The highest BCUT2D eigenvalue weighted by molar-refractivity contribution is 7.90. The fourth-order valence-corrected chi connectivity index (χ4v) is 4.48. The van der Waals surface area contributed by atoms with Crippen LogP contribution >= 0.6 is 0 Å². The van der Waals surface area contributed by atoms with Crippen molar-refractivity contribution in [1.29, 1.82) is 0 Å². The molecule has 1 aliphatic rings. The lowest BCUT2D eigenvalue weighted by Crippen LogP contribution is -2.17. The molecular formula is C17H22N4O4S. The number of carbonyl (C=O) groups is 1. The van der Waals surface area contributed by atoms with Crippen molar-refractivity contribution < 1.29 is 18.3 Å². The first-order valence-electron chi connectivity index (χ1n) is 8.59. The third-order valence-corrected chi connectivity index (χ3v) is 6.12. The van der Waals surface area contributed by atoms with Gasteiger partial charge in [0.1, 0.15) is 0 Å². The summed E-state index contributed by atoms with van der Waals surface area (Å²) in [4.78, 5) is 11.9. The molecule has 1 aromatic carbocycles. The first-order chi connectivity index (χ1) is 12.3. The van der Waals surface area contributed by atoms with E-state index in [1.54, 1.807) is 19.1 Å². The van der Waals surface area contributed by atoms with E-state index in [1.165, 1.54) is 10.7 Å². The number of aromatic nitrogens is 4. The van der Waals surface area contributed by atoms with E-state index in [1.807, 2.05) is 0 Å². The van der Waals surface area contributed by atoms with Crippen molar-refractivity contribution in [3.05, 3.63) is 29.6 Å². The predicted molar refractivity (Wildman–Crippen MR) is 94.0 cm³/mol. The van der Waals surface area contributed by atoms with E-state index >= 15 is 0 Å². The third-order valence-electron chi connectivity index (χ3n) is 4.98. The Morgan fingerprint density at radius 1 is 1.35 bits per heavy atom.